The third-order valence-electron chi connectivity index (χ3n) is 4.67. The van der Waals surface area contributed by atoms with Gasteiger partial charge >= 0.3 is 0 Å². The summed E-state index contributed by atoms with van der Waals surface area (Å²) in [5.74, 6) is 1.80. The zero-order chi connectivity index (χ0) is 19.2. The SMILES string of the molecule is O=C(Nc1ccccc1Oc1ccccc1)c1cc(N2CCCCC2)ncn1. The first-order chi connectivity index (χ1) is 13.8. The van der Waals surface area contributed by atoms with Crippen LogP contribution in [0.3, 0.4) is 0 Å². The minimum absolute atomic E-state index is 0.287. The van der Waals surface area contributed by atoms with Gasteiger partial charge < -0.3 is 15.0 Å². The van der Waals surface area contributed by atoms with E-state index in [1.807, 2.05) is 54.6 Å². The molecular weight excluding hydrogens is 352 g/mol. The molecule has 6 nitrogen and oxygen atoms in total. The molecule has 1 N–H and O–H groups in total. The van der Waals surface area contributed by atoms with Gasteiger partial charge in [0.1, 0.15) is 23.6 Å². The summed E-state index contributed by atoms with van der Waals surface area (Å²) in [6.07, 6.45) is 4.99. The number of benzene rings is 2. The molecule has 1 amide bonds. The second kappa shape index (κ2) is 8.52. The van der Waals surface area contributed by atoms with Gasteiger partial charge in [0.15, 0.2) is 5.75 Å². The summed E-state index contributed by atoms with van der Waals surface area (Å²) >= 11 is 0. The Morgan fingerprint density at radius 1 is 0.929 bits per heavy atom. The van der Waals surface area contributed by atoms with Gasteiger partial charge in [0.2, 0.25) is 0 Å². The van der Waals surface area contributed by atoms with Crippen molar-refractivity contribution in [3.8, 4) is 11.5 Å². The smallest absolute Gasteiger partial charge is 0.274 e. The molecule has 142 valence electrons. The van der Waals surface area contributed by atoms with Crippen LogP contribution in [0.1, 0.15) is 29.8 Å². The van der Waals surface area contributed by atoms with E-state index in [0.29, 0.717) is 22.9 Å². The highest BCUT2D eigenvalue weighted by Crippen LogP contribution is 2.29. The number of hydrogen-bond donors (Lipinski definition) is 1. The number of anilines is 2. The lowest BCUT2D eigenvalue weighted by molar-refractivity contribution is 0.102. The molecule has 1 aliphatic rings. The van der Waals surface area contributed by atoms with Gasteiger partial charge in [-0.05, 0) is 43.5 Å². The van der Waals surface area contributed by atoms with Crippen molar-refractivity contribution in [2.45, 2.75) is 19.3 Å². The van der Waals surface area contributed by atoms with Crippen molar-refractivity contribution in [2.75, 3.05) is 23.3 Å². The first kappa shape index (κ1) is 18.0. The molecule has 6 heteroatoms. The molecule has 0 spiro atoms. The third-order valence-corrected chi connectivity index (χ3v) is 4.67. The fourth-order valence-corrected chi connectivity index (χ4v) is 3.23. The summed E-state index contributed by atoms with van der Waals surface area (Å²) < 4.78 is 5.91. The minimum atomic E-state index is -0.287. The maximum atomic E-state index is 12.8. The van der Waals surface area contributed by atoms with Gasteiger partial charge in [-0.2, -0.15) is 0 Å². The first-order valence-corrected chi connectivity index (χ1v) is 9.50. The number of rotatable bonds is 5. The summed E-state index contributed by atoms with van der Waals surface area (Å²) in [4.78, 5) is 23.5. The van der Waals surface area contributed by atoms with Crippen LogP contribution in [0.2, 0.25) is 0 Å². The molecule has 1 saturated heterocycles. The number of nitrogens with one attached hydrogen (secondary N) is 1. The molecule has 3 aromatic rings. The molecule has 0 atom stereocenters. The van der Waals surface area contributed by atoms with E-state index in [1.165, 1.54) is 12.7 Å². The fourth-order valence-electron chi connectivity index (χ4n) is 3.23. The van der Waals surface area contributed by atoms with E-state index in [2.05, 4.69) is 20.2 Å². The Hall–Kier alpha value is -3.41. The van der Waals surface area contributed by atoms with E-state index in [1.54, 1.807) is 6.07 Å². The summed E-state index contributed by atoms with van der Waals surface area (Å²) in [6.45, 7) is 1.93. The number of piperidine rings is 1. The van der Waals surface area contributed by atoms with Crippen LogP contribution >= 0.6 is 0 Å². The van der Waals surface area contributed by atoms with Crippen LogP contribution in [0.25, 0.3) is 0 Å². The first-order valence-electron chi connectivity index (χ1n) is 9.50. The van der Waals surface area contributed by atoms with Gasteiger partial charge in [-0.25, -0.2) is 9.97 Å². The normalized spacial score (nSPS) is 13.8. The van der Waals surface area contributed by atoms with Crippen LogP contribution in [0.15, 0.2) is 67.0 Å². The molecule has 2 aromatic carbocycles. The number of carbonyl (C=O) groups is 1. The van der Waals surface area contributed by atoms with Crippen molar-refractivity contribution in [2.24, 2.45) is 0 Å². The summed E-state index contributed by atoms with van der Waals surface area (Å²) in [5, 5.41) is 2.90. The van der Waals surface area contributed by atoms with Crippen molar-refractivity contribution in [3.63, 3.8) is 0 Å². The average molecular weight is 374 g/mol. The number of ether oxygens (including phenoxy) is 1. The lowest BCUT2D eigenvalue weighted by atomic mass is 10.1. The Morgan fingerprint density at radius 3 is 2.50 bits per heavy atom. The lowest BCUT2D eigenvalue weighted by Crippen LogP contribution is -2.30. The Kier molecular flexibility index (Phi) is 5.47. The summed E-state index contributed by atoms with van der Waals surface area (Å²) in [7, 11) is 0. The number of hydrogen-bond acceptors (Lipinski definition) is 5. The molecule has 0 bridgehead atoms. The van der Waals surface area contributed by atoms with Crippen LogP contribution < -0.4 is 15.0 Å². The van der Waals surface area contributed by atoms with E-state index < -0.39 is 0 Å². The van der Waals surface area contributed by atoms with Crippen LogP contribution in [-0.4, -0.2) is 29.0 Å². The topological polar surface area (TPSA) is 67.3 Å². The van der Waals surface area contributed by atoms with E-state index in [4.69, 9.17) is 4.74 Å². The van der Waals surface area contributed by atoms with Crippen molar-refractivity contribution >= 4 is 17.4 Å². The van der Waals surface area contributed by atoms with E-state index in [9.17, 15) is 4.79 Å². The second-order valence-electron chi connectivity index (χ2n) is 6.67. The van der Waals surface area contributed by atoms with Crippen molar-refractivity contribution in [1.82, 2.24) is 9.97 Å². The molecule has 1 aromatic heterocycles. The van der Waals surface area contributed by atoms with Gasteiger partial charge in [0.25, 0.3) is 5.91 Å². The van der Waals surface area contributed by atoms with Gasteiger partial charge in [-0.15, -0.1) is 0 Å². The maximum absolute atomic E-state index is 12.8. The van der Waals surface area contributed by atoms with E-state index >= 15 is 0 Å². The van der Waals surface area contributed by atoms with Crippen LogP contribution in [0, 0.1) is 0 Å². The Morgan fingerprint density at radius 2 is 1.68 bits per heavy atom. The average Bonchev–Trinajstić information content (AvgIpc) is 2.76. The molecule has 1 aliphatic heterocycles. The maximum Gasteiger partial charge on any atom is 0.274 e. The molecule has 0 radical (unpaired) electrons. The predicted octanol–water partition coefficient (Wildman–Crippen LogP) is 4.51. The van der Waals surface area contributed by atoms with E-state index in [0.717, 1.165) is 31.7 Å². The zero-order valence-electron chi connectivity index (χ0n) is 15.5. The number of amides is 1. The molecule has 4 rings (SSSR count). The molecule has 1 fully saturated rings. The van der Waals surface area contributed by atoms with Crippen LogP contribution in [-0.2, 0) is 0 Å². The van der Waals surface area contributed by atoms with Crippen molar-refractivity contribution in [3.05, 3.63) is 72.7 Å². The fraction of sp³-hybridized carbons (Fsp3) is 0.227. The number of nitrogens with zero attached hydrogens (tertiary/aromatic N) is 3. The van der Waals surface area contributed by atoms with Gasteiger partial charge in [0.05, 0.1) is 5.69 Å². The largest absolute Gasteiger partial charge is 0.455 e. The zero-order valence-corrected chi connectivity index (χ0v) is 15.5. The van der Waals surface area contributed by atoms with Gasteiger partial charge in [-0.1, -0.05) is 30.3 Å². The summed E-state index contributed by atoms with van der Waals surface area (Å²) in [5.41, 5.74) is 0.930. The molecule has 28 heavy (non-hydrogen) atoms. The highest BCUT2D eigenvalue weighted by Gasteiger charge is 2.16. The summed E-state index contributed by atoms with van der Waals surface area (Å²) in [6, 6.07) is 18.6. The molecule has 0 unspecified atom stereocenters. The highest BCUT2D eigenvalue weighted by molar-refractivity contribution is 6.04. The standard InChI is InChI=1S/C22H22N4O2/c27-22(19-15-21(24-16-23-19)26-13-7-2-8-14-26)25-18-11-5-6-12-20(18)28-17-9-3-1-4-10-17/h1,3-6,9-12,15-16H,2,7-8,13-14H2,(H,25,27). The van der Waals surface area contributed by atoms with Gasteiger partial charge in [0, 0.05) is 19.2 Å². The quantitative estimate of drug-likeness (QED) is 0.712. The Bertz CT molecular complexity index is 940. The highest BCUT2D eigenvalue weighted by atomic mass is 16.5. The number of carbonyl (C=O) groups excluding carboxylic acids is 1. The lowest BCUT2D eigenvalue weighted by Gasteiger charge is -2.27. The molecular formula is C22H22N4O2. The second-order valence-corrected chi connectivity index (χ2v) is 6.67. The van der Waals surface area contributed by atoms with Crippen molar-refractivity contribution < 1.29 is 9.53 Å². The number of aromatic nitrogens is 2. The molecule has 0 aliphatic carbocycles. The Balaban J connectivity index is 1.51. The van der Waals surface area contributed by atoms with Crippen LogP contribution in [0.4, 0.5) is 11.5 Å². The minimum Gasteiger partial charge on any atom is -0.455 e. The number of para-hydroxylation sites is 3. The van der Waals surface area contributed by atoms with Gasteiger partial charge in [-0.3, -0.25) is 4.79 Å². The van der Waals surface area contributed by atoms with Crippen LogP contribution in [0.5, 0.6) is 11.5 Å². The van der Waals surface area contributed by atoms with Crippen molar-refractivity contribution in [1.29, 1.82) is 0 Å². The monoisotopic (exact) mass is 374 g/mol. The predicted molar refractivity (Wildman–Crippen MR) is 109 cm³/mol. The Labute approximate surface area is 164 Å². The third kappa shape index (κ3) is 4.28. The molecule has 2 heterocycles. The molecule has 0 saturated carbocycles. The van der Waals surface area contributed by atoms with E-state index in [-0.39, 0.29) is 5.91 Å².